The van der Waals surface area contributed by atoms with E-state index in [9.17, 15) is 18.0 Å². The zero-order valence-electron chi connectivity index (χ0n) is 25.5. The average Bonchev–Trinajstić information content (AvgIpc) is 3.00. The molecule has 0 aliphatic carbocycles. The number of carbonyl (C=O) groups excluding carboxylic acids is 2. The van der Waals surface area contributed by atoms with Gasteiger partial charge in [0.2, 0.25) is 11.8 Å². The largest absolute Gasteiger partial charge is 0.354 e. The van der Waals surface area contributed by atoms with Crippen molar-refractivity contribution in [1.82, 2.24) is 10.2 Å². The van der Waals surface area contributed by atoms with Crippen molar-refractivity contribution in [3.05, 3.63) is 129 Å². The smallest absolute Gasteiger partial charge is 0.264 e. The van der Waals surface area contributed by atoms with Crippen LogP contribution in [0.5, 0.6) is 0 Å². The lowest BCUT2D eigenvalue weighted by Gasteiger charge is -2.34. The molecule has 0 fully saturated rings. The van der Waals surface area contributed by atoms with E-state index in [1.165, 1.54) is 35.2 Å². The van der Waals surface area contributed by atoms with Crippen LogP contribution in [0.3, 0.4) is 0 Å². The molecular formula is C35H37Cl2N3O4S. The Balaban J connectivity index is 1.82. The third-order valence-corrected chi connectivity index (χ3v) is 9.50. The van der Waals surface area contributed by atoms with E-state index in [1.807, 2.05) is 75.4 Å². The molecule has 4 aromatic carbocycles. The van der Waals surface area contributed by atoms with Gasteiger partial charge in [0.05, 0.1) is 10.6 Å². The van der Waals surface area contributed by atoms with E-state index in [2.05, 4.69) is 5.32 Å². The molecule has 236 valence electrons. The number of aryl methyl sites for hydroxylation is 2. The molecular weight excluding hydrogens is 629 g/mol. The first kappa shape index (κ1) is 34.0. The lowest BCUT2D eigenvalue weighted by molar-refractivity contribution is -0.140. The van der Waals surface area contributed by atoms with Crippen molar-refractivity contribution in [3.63, 3.8) is 0 Å². The fourth-order valence-corrected chi connectivity index (χ4v) is 6.89. The Hall–Kier alpha value is -3.85. The van der Waals surface area contributed by atoms with Gasteiger partial charge in [0.1, 0.15) is 12.6 Å². The molecule has 0 bridgehead atoms. The topological polar surface area (TPSA) is 86.8 Å². The van der Waals surface area contributed by atoms with E-state index in [1.54, 1.807) is 12.1 Å². The summed E-state index contributed by atoms with van der Waals surface area (Å²) in [7, 11) is -4.26. The number of rotatable bonds is 13. The van der Waals surface area contributed by atoms with Gasteiger partial charge in [-0.15, -0.1) is 0 Å². The van der Waals surface area contributed by atoms with E-state index in [-0.39, 0.29) is 39.5 Å². The zero-order valence-corrected chi connectivity index (χ0v) is 27.9. The van der Waals surface area contributed by atoms with Crippen molar-refractivity contribution in [2.24, 2.45) is 0 Å². The van der Waals surface area contributed by atoms with Crippen molar-refractivity contribution >= 4 is 50.7 Å². The maximum atomic E-state index is 14.5. The Bertz CT molecular complexity index is 1710. The molecule has 4 aromatic rings. The van der Waals surface area contributed by atoms with Crippen LogP contribution in [-0.4, -0.2) is 44.3 Å². The molecule has 1 atom stereocenters. The van der Waals surface area contributed by atoms with Gasteiger partial charge < -0.3 is 10.2 Å². The second-order valence-electron chi connectivity index (χ2n) is 11.0. The number of carbonyl (C=O) groups is 2. The minimum atomic E-state index is -4.26. The third-order valence-electron chi connectivity index (χ3n) is 7.28. The Labute approximate surface area is 275 Å². The molecule has 4 rings (SSSR count). The molecule has 0 saturated heterocycles. The number of sulfonamides is 1. The number of hydrogen-bond donors (Lipinski definition) is 1. The molecule has 0 spiro atoms. The van der Waals surface area contributed by atoms with Crippen LogP contribution in [0.2, 0.25) is 10.0 Å². The summed E-state index contributed by atoms with van der Waals surface area (Å²) >= 11 is 12.6. The van der Waals surface area contributed by atoms with E-state index in [0.717, 1.165) is 26.6 Å². The highest BCUT2D eigenvalue weighted by molar-refractivity contribution is 7.92. The minimum Gasteiger partial charge on any atom is -0.354 e. The van der Waals surface area contributed by atoms with Crippen LogP contribution in [0.4, 0.5) is 5.69 Å². The van der Waals surface area contributed by atoms with E-state index in [4.69, 9.17) is 23.2 Å². The maximum Gasteiger partial charge on any atom is 0.264 e. The summed E-state index contributed by atoms with van der Waals surface area (Å²) in [5.74, 6) is -0.878. The van der Waals surface area contributed by atoms with Gasteiger partial charge in [0, 0.05) is 29.6 Å². The standard InChI is InChI=1S/C35H37Cl2N3O4S/c1-4-17-38-35(42)33(19-27-10-6-5-7-11-27)39(23-28-12-8-9-26(3)18-28)34(41)24-40(31-21-29(36)20-30(37)22-31)45(43,44)32-15-13-25(2)14-16-32/h5-16,18,20-22,33H,4,17,19,23-24H2,1-3H3,(H,38,42). The van der Waals surface area contributed by atoms with Crippen molar-refractivity contribution in [3.8, 4) is 0 Å². The molecule has 0 heterocycles. The fraction of sp³-hybridized carbons (Fsp3) is 0.257. The predicted molar refractivity (Wildman–Crippen MR) is 181 cm³/mol. The first-order valence-corrected chi connectivity index (χ1v) is 16.9. The van der Waals surface area contributed by atoms with Gasteiger partial charge in [-0.1, -0.05) is 108 Å². The van der Waals surface area contributed by atoms with Crippen LogP contribution in [0.25, 0.3) is 0 Å². The van der Waals surface area contributed by atoms with Crippen molar-refractivity contribution in [1.29, 1.82) is 0 Å². The van der Waals surface area contributed by atoms with E-state index in [0.29, 0.717) is 13.0 Å². The van der Waals surface area contributed by atoms with Crippen LogP contribution in [0.1, 0.15) is 35.6 Å². The van der Waals surface area contributed by atoms with E-state index >= 15 is 0 Å². The number of halogens is 2. The summed E-state index contributed by atoms with van der Waals surface area (Å²) in [5, 5.41) is 3.38. The Kier molecular flexibility index (Phi) is 11.7. The lowest BCUT2D eigenvalue weighted by atomic mass is 10.0. The lowest BCUT2D eigenvalue weighted by Crippen LogP contribution is -2.53. The molecule has 1 unspecified atom stereocenters. The van der Waals surface area contributed by atoms with Gasteiger partial charge in [-0.3, -0.25) is 13.9 Å². The molecule has 1 N–H and O–H groups in total. The number of anilines is 1. The van der Waals surface area contributed by atoms with E-state index < -0.39 is 28.5 Å². The SMILES string of the molecule is CCCNC(=O)C(Cc1ccccc1)N(Cc1cccc(C)c1)C(=O)CN(c1cc(Cl)cc(Cl)c1)S(=O)(=O)c1ccc(C)cc1. The summed E-state index contributed by atoms with van der Waals surface area (Å²) in [5.41, 5.74) is 3.68. The average molecular weight is 667 g/mol. The van der Waals surface area contributed by atoms with Crippen LogP contribution in [0, 0.1) is 13.8 Å². The number of nitrogens with zero attached hydrogens (tertiary/aromatic N) is 2. The number of benzene rings is 4. The summed E-state index contributed by atoms with van der Waals surface area (Å²) in [6.45, 7) is 5.69. The molecule has 45 heavy (non-hydrogen) atoms. The third kappa shape index (κ3) is 9.10. The number of nitrogens with one attached hydrogen (secondary N) is 1. The molecule has 10 heteroatoms. The quantitative estimate of drug-likeness (QED) is 0.167. The Morgan fingerprint density at radius 2 is 1.44 bits per heavy atom. The Morgan fingerprint density at radius 3 is 2.07 bits per heavy atom. The molecule has 0 radical (unpaired) electrons. The zero-order chi connectivity index (χ0) is 32.6. The monoisotopic (exact) mass is 665 g/mol. The van der Waals surface area contributed by atoms with Gasteiger partial charge >= 0.3 is 0 Å². The predicted octanol–water partition coefficient (Wildman–Crippen LogP) is 6.97. The van der Waals surface area contributed by atoms with Crippen LogP contribution >= 0.6 is 23.2 Å². The summed E-state index contributed by atoms with van der Waals surface area (Å²) in [6.07, 6.45) is 0.954. The summed E-state index contributed by atoms with van der Waals surface area (Å²) in [4.78, 5) is 29.7. The van der Waals surface area contributed by atoms with Crippen LogP contribution in [0.15, 0.2) is 102 Å². The first-order valence-electron chi connectivity index (χ1n) is 14.7. The molecule has 0 saturated carbocycles. The summed E-state index contributed by atoms with van der Waals surface area (Å²) in [6, 6.07) is 26.9. The molecule has 7 nitrogen and oxygen atoms in total. The fourth-order valence-electron chi connectivity index (χ4n) is 4.98. The van der Waals surface area contributed by atoms with Crippen molar-refractivity contribution in [2.75, 3.05) is 17.4 Å². The van der Waals surface area contributed by atoms with Gasteiger partial charge in [-0.05, 0) is 61.7 Å². The highest BCUT2D eigenvalue weighted by Gasteiger charge is 2.34. The molecule has 0 aliphatic heterocycles. The number of amides is 2. The highest BCUT2D eigenvalue weighted by atomic mass is 35.5. The van der Waals surface area contributed by atoms with Gasteiger partial charge in [0.25, 0.3) is 10.0 Å². The minimum absolute atomic E-state index is 0.00348. The maximum absolute atomic E-state index is 14.5. The Morgan fingerprint density at radius 1 is 0.800 bits per heavy atom. The van der Waals surface area contributed by atoms with Gasteiger partial charge in [-0.25, -0.2) is 8.42 Å². The van der Waals surface area contributed by atoms with Gasteiger partial charge in [-0.2, -0.15) is 0 Å². The van der Waals surface area contributed by atoms with Gasteiger partial charge in [0.15, 0.2) is 0 Å². The second kappa shape index (κ2) is 15.4. The number of hydrogen-bond acceptors (Lipinski definition) is 4. The molecule has 0 aromatic heterocycles. The van der Waals surface area contributed by atoms with Crippen molar-refractivity contribution < 1.29 is 18.0 Å². The second-order valence-corrected chi connectivity index (χ2v) is 13.7. The highest BCUT2D eigenvalue weighted by Crippen LogP contribution is 2.30. The molecule has 2 amide bonds. The summed E-state index contributed by atoms with van der Waals surface area (Å²) < 4.78 is 29.3. The van der Waals surface area contributed by atoms with Crippen LogP contribution < -0.4 is 9.62 Å². The van der Waals surface area contributed by atoms with Crippen molar-refractivity contribution in [2.45, 2.75) is 51.1 Å². The van der Waals surface area contributed by atoms with Crippen LogP contribution in [-0.2, 0) is 32.6 Å². The normalized spacial score (nSPS) is 11.9. The first-order chi connectivity index (χ1) is 21.5. The molecule has 0 aliphatic rings.